The van der Waals surface area contributed by atoms with Crippen molar-refractivity contribution in [2.75, 3.05) is 0 Å². The smallest absolute Gasteiger partial charge is 0.306 e. The topological polar surface area (TPSA) is 52.6 Å². The van der Waals surface area contributed by atoms with Gasteiger partial charge in [-0.15, -0.1) is 0 Å². The molecule has 4 aliphatic carbocycles. The van der Waals surface area contributed by atoms with Gasteiger partial charge in [0, 0.05) is 25.7 Å². The molecular weight excluding hydrogens is 376 g/mol. The summed E-state index contributed by atoms with van der Waals surface area (Å²) in [5.74, 6) is 2.57. The van der Waals surface area contributed by atoms with E-state index in [1.807, 2.05) is 0 Å². The lowest BCUT2D eigenvalue weighted by atomic mass is 9.46. The summed E-state index contributed by atoms with van der Waals surface area (Å²) in [4.78, 5) is 23.4. The monoisotopic (exact) mass is 414 g/mol. The Morgan fingerprint density at radius 2 is 1.87 bits per heavy atom. The average molecular weight is 415 g/mol. The second-order valence-corrected chi connectivity index (χ2v) is 11.7. The number of hydrogen-bond donors (Lipinski definition) is 0. The highest BCUT2D eigenvalue weighted by atomic mass is 16.6. The van der Waals surface area contributed by atoms with Crippen molar-refractivity contribution >= 4 is 11.9 Å². The Labute approximate surface area is 181 Å². The van der Waals surface area contributed by atoms with Crippen molar-refractivity contribution in [3.8, 4) is 0 Å². The highest BCUT2D eigenvalue weighted by molar-refractivity contribution is 5.72. The minimum absolute atomic E-state index is 0.000489. The average Bonchev–Trinajstić information content (AvgIpc) is 3.21. The molecule has 1 heterocycles. The maximum absolute atomic E-state index is 11.9. The number of hydrogen-bond acceptors (Lipinski definition) is 4. The van der Waals surface area contributed by atoms with Crippen LogP contribution in [0.5, 0.6) is 0 Å². The zero-order valence-electron chi connectivity index (χ0n) is 19.2. The molecule has 30 heavy (non-hydrogen) atoms. The number of ether oxygens (including phenoxy) is 2. The molecule has 166 valence electrons. The van der Waals surface area contributed by atoms with E-state index in [1.165, 1.54) is 39.0 Å². The molecule has 5 aliphatic rings. The first-order chi connectivity index (χ1) is 14.2. The Bertz CT molecular complexity index is 786. The Kier molecular flexibility index (Phi) is 4.69. The molecule has 0 N–H and O–H groups in total. The second kappa shape index (κ2) is 6.84. The van der Waals surface area contributed by atoms with Crippen molar-refractivity contribution in [1.82, 2.24) is 0 Å². The van der Waals surface area contributed by atoms with Crippen LogP contribution in [0.4, 0.5) is 0 Å². The van der Waals surface area contributed by atoms with Crippen molar-refractivity contribution in [1.29, 1.82) is 0 Å². The maximum Gasteiger partial charge on any atom is 0.306 e. The minimum Gasteiger partial charge on any atom is -0.462 e. The van der Waals surface area contributed by atoms with E-state index in [2.05, 4.69) is 26.8 Å². The van der Waals surface area contributed by atoms with E-state index in [4.69, 9.17) is 9.47 Å². The van der Waals surface area contributed by atoms with E-state index in [0.717, 1.165) is 43.4 Å². The molecule has 0 spiro atoms. The van der Waals surface area contributed by atoms with Crippen molar-refractivity contribution in [3.63, 3.8) is 0 Å². The van der Waals surface area contributed by atoms with Gasteiger partial charge in [-0.05, 0) is 86.9 Å². The van der Waals surface area contributed by atoms with Gasteiger partial charge in [-0.1, -0.05) is 25.5 Å². The first kappa shape index (κ1) is 20.6. The third-order valence-electron chi connectivity index (χ3n) is 10.3. The van der Waals surface area contributed by atoms with Crippen LogP contribution in [0.3, 0.4) is 0 Å². The molecule has 4 fully saturated rings. The molecule has 0 aromatic carbocycles. The fraction of sp³-hybridized carbons (Fsp3) is 0.846. The third kappa shape index (κ3) is 2.92. The van der Waals surface area contributed by atoms with E-state index in [1.54, 1.807) is 5.57 Å². The molecule has 0 bridgehead atoms. The summed E-state index contributed by atoms with van der Waals surface area (Å²) in [7, 11) is 0. The zero-order chi connectivity index (χ0) is 21.3. The zero-order valence-corrected chi connectivity index (χ0v) is 19.2. The Morgan fingerprint density at radius 3 is 2.57 bits per heavy atom. The molecule has 1 aliphatic heterocycles. The predicted octanol–water partition coefficient (Wildman–Crippen LogP) is 5.59. The molecule has 4 nitrogen and oxygen atoms in total. The third-order valence-corrected chi connectivity index (χ3v) is 10.3. The van der Waals surface area contributed by atoms with Crippen molar-refractivity contribution in [3.05, 3.63) is 11.6 Å². The summed E-state index contributed by atoms with van der Waals surface area (Å²) in [6.45, 7) is 8.75. The number of esters is 2. The molecule has 0 aromatic heterocycles. The van der Waals surface area contributed by atoms with Gasteiger partial charge < -0.3 is 9.47 Å². The van der Waals surface area contributed by atoms with Gasteiger partial charge in [0.05, 0.1) is 0 Å². The molecule has 0 amide bonds. The Hall–Kier alpha value is -1.32. The molecule has 1 saturated heterocycles. The summed E-state index contributed by atoms with van der Waals surface area (Å²) < 4.78 is 11.5. The lowest BCUT2D eigenvalue weighted by Gasteiger charge is -2.59. The number of rotatable bonds is 2. The standard InChI is InChI=1S/C26H38O4/c1-16(27)29-18-9-12-24(2)17(15-18)5-6-19-20-7-8-22(25(20,3)13-10-21(19)24)26(4)14-11-23(28)30-26/h5,18-22H,6-15H2,1-4H3/t18-,19-,20-,21+,22-,24-,25+,26-/m1/s1. The number of carbonyl (C=O) groups excluding carboxylic acids is 2. The number of fused-ring (bicyclic) bond motifs is 5. The number of allylic oxidation sites excluding steroid dienone is 1. The van der Waals surface area contributed by atoms with Crippen LogP contribution in [-0.2, 0) is 19.1 Å². The van der Waals surface area contributed by atoms with Crippen LogP contribution in [0.1, 0.15) is 91.9 Å². The first-order valence-electron chi connectivity index (χ1n) is 12.2. The minimum atomic E-state index is -0.255. The van der Waals surface area contributed by atoms with E-state index in [9.17, 15) is 9.59 Å². The van der Waals surface area contributed by atoms with Gasteiger partial charge >= 0.3 is 11.9 Å². The van der Waals surface area contributed by atoms with Crippen LogP contribution in [0.25, 0.3) is 0 Å². The van der Waals surface area contributed by atoms with Crippen molar-refractivity contribution in [2.24, 2.45) is 34.5 Å². The predicted molar refractivity (Wildman–Crippen MR) is 114 cm³/mol. The van der Waals surface area contributed by atoms with Crippen LogP contribution in [0.2, 0.25) is 0 Å². The van der Waals surface area contributed by atoms with E-state index in [-0.39, 0.29) is 34.5 Å². The summed E-state index contributed by atoms with van der Waals surface area (Å²) in [6.07, 6.45) is 13.3. The molecule has 5 rings (SSSR count). The van der Waals surface area contributed by atoms with Crippen LogP contribution in [0.15, 0.2) is 11.6 Å². The summed E-state index contributed by atoms with van der Waals surface area (Å²) in [6, 6.07) is 0. The SMILES string of the molecule is CC(=O)O[C@@H]1CC[C@]2(C)C(=CC[C@@H]3[C@H]4CC[C@@H]([C@@]5(C)CCC(=O)O5)[C@@]4(C)CC[C@@H]32)C1. The molecular formula is C26H38O4. The van der Waals surface area contributed by atoms with Crippen LogP contribution in [-0.4, -0.2) is 23.6 Å². The molecule has 8 atom stereocenters. The molecule has 0 radical (unpaired) electrons. The van der Waals surface area contributed by atoms with Crippen LogP contribution >= 0.6 is 0 Å². The quantitative estimate of drug-likeness (QED) is 0.436. The lowest BCUT2D eigenvalue weighted by Crippen LogP contribution is -2.53. The Morgan fingerprint density at radius 1 is 1.07 bits per heavy atom. The van der Waals surface area contributed by atoms with Crippen LogP contribution in [0, 0.1) is 34.5 Å². The van der Waals surface area contributed by atoms with Gasteiger partial charge in [0.25, 0.3) is 0 Å². The van der Waals surface area contributed by atoms with Crippen molar-refractivity contribution in [2.45, 2.75) is 104 Å². The Balaban J connectivity index is 1.39. The summed E-state index contributed by atoms with van der Waals surface area (Å²) >= 11 is 0. The fourth-order valence-corrected chi connectivity index (χ4v) is 8.92. The van der Waals surface area contributed by atoms with Gasteiger partial charge in [0.1, 0.15) is 11.7 Å². The number of carbonyl (C=O) groups is 2. The van der Waals surface area contributed by atoms with Gasteiger partial charge in [0.2, 0.25) is 0 Å². The molecule has 0 unspecified atom stereocenters. The van der Waals surface area contributed by atoms with E-state index >= 15 is 0 Å². The van der Waals surface area contributed by atoms with Gasteiger partial charge in [0.15, 0.2) is 0 Å². The second-order valence-electron chi connectivity index (χ2n) is 11.7. The lowest BCUT2D eigenvalue weighted by molar-refractivity contribution is -0.159. The molecule has 4 heteroatoms. The fourth-order valence-electron chi connectivity index (χ4n) is 8.92. The largest absolute Gasteiger partial charge is 0.462 e. The highest BCUT2D eigenvalue weighted by Crippen LogP contribution is 2.68. The van der Waals surface area contributed by atoms with E-state index in [0.29, 0.717) is 12.3 Å². The van der Waals surface area contributed by atoms with Crippen molar-refractivity contribution < 1.29 is 19.1 Å². The van der Waals surface area contributed by atoms with Gasteiger partial charge in [-0.3, -0.25) is 9.59 Å². The molecule has 0 aromatic rings. The van der Waals surface area contributed by atoms with E-state index < -0.39 is 0 Å². The number of cyclic esters (lactones) is 1. The normalized spacial score (nSPS) is 50.1. The summed E-state index contributed by atoms with van der Waals surface area (Å²) in [5, 5.41) is 0. The van der Waals surface area contributed by atoms with Gasteiger partial charge in [-0.25, -0.2) is 0 Å². The highest BCUT2D eigenvalue weighted by Gasteiger charge is 2.63. The maximum atomic E-state index is 11.9. The first-order valence-corrected chi connectivity index (χ1v) is 12.2. The van der Waals surface area contributed by atoms with Crippen LogP contribution < -0.4 is 0 Å². The van der Waals surface area contributed by atoms with Gasteiger partial charge in [-0.2, -0.15) is 0 Å². The molecule has 3 saturated carbocycles. The summed E-state index contributed by atoms with van der Waals surface area (Å²) in [5.41, 5.74) is 1.85.